The maximum atomic E-state index is 2.52. The van der Waals surface area contributed by atoms with E-state index in [0.717, 1.165) is 0 Å². The van der Waals surface area contributed by atoms with E-state index < -0.39 is 18.0 Å². The van der Waals surface area contributed by atoms with Gasteiger partial charge >= 0.3 is 177 Å². The van der Waals surface area contributed by atoms with Crippen LogP contribution in [0.4, 0.5) is 0 Å². The zero-order valence-corrected chi connectivity index (χ0v) is 37.8. The van der Waals surface area contributed by atoms with Crippen molar-refractivity contribution >= 4 is 86.6 Å². The quantitative estimate of drug-likeness (QED) is 0.0810. The molecule has 0 saturated carbocycles. The third kappa shape index (κ3) is 6.45. The van der Waals surface area contributed by atoms with Crippen LogP contribution < -0.4 is 0 Å². The summed E-state index contributed by atoms with van der Waals surface area (Å²) in [6.45, 7) is 11.6. The van der Waals surface area contributed by atoms with Crippen molar-refractivity contribution < 1.29 is 0 Å². The van der Waals surface area contributed by atoms with Crippen molar-refractivity contribution in [2.45, 2.75) is 47.0 Å². The Morgan fingerprint density at radius 3 is 1.32 bits per heavy atom. The van der Waals surface area contributed by atoms with Gasteiger partial charge in [-0.2, -0.15) is 0 Å². The Labute approximate surface area is 358 Å². The summed E-state index contributed by atoms with van der Waals surface area (Å²) in [5.74, 6) is 1.22. The number of alkyl halides is 2. The Hall–Kier alpha value is -5.64. The number of halogens is 1. The second-order valence-corrected chi connectivity index (χ2v) is 27.1. The minimum absolute atomic E-state index is 0.550. The van der Waals surface area contributed by atoms with Gasteiger partial charge in [0.2, 0.25) is 0 Å². The molecule has 0 bridgehead atoms. The van der Waals surface area contributed by atoms with Crippen LogP contribution in [-0.4, -0.2) is 13.4 Å². The van der Waals surface area contributed by atoms with Gasteiger partial charge in [-0.3, -0.25) is 0 Å². The predicted octanol–water partition coefficient (Wildman–Crippen LogP) is 17.4. The Kier molecular flexibility index (Phi) is 9.92. The van der Waals surface area contributed by atoms with E-state index in [-0.39, 0.29) is 0 Å². The molecule has 0 nitrogen and oxygen atoms in total. The molecule has 0 amide bonds. The number of rotatable bonds is 8. The molecule has 0 aliphatic rings. The van der Waals surface area contributed by atoms with Crippen LogP contribution in [0, 0.1) is 9.49 Å². The van der Waals surface area contributed by atoms with Crippen molar-refractivity contribution in [1.29, 1.82) is 0 Å². The molecule has 0 radical (unpaired) electrons. The molecule has 10 rings (SSSR count). The van der Waals surface area contributed by atoms with Crippen molar-refractivity contribution in [3.63, 3.8) is 0 Å². The topological polar surface area (TPSA) is 0 Å². The molecule has 0 fully saturated rings. The predicted molar refractivity (Wildman–Crippen MR) is 277 cm³/mol. The number of hydrogen-bond donors (Lipinski definition) is 0. The Morgan fingerprint density at radius 1 is 0.433 bits per heavy atom. The average molecular weight is 889 g/mol. The summed E-state index contributed by atoms with van der Waals surface area (Å²) in [5.41, 5.74) is 8.99. The van der Waals surface area contributed by atoms with Crippen molar-refractivity contribution in [3.05, 3.63) is 179 Å². The molecule has 0 spiro atoms. The second-order valence-electron chi connectivity index (χ2n) is 17.0. The molecular formula is C59H53I. The zero-order chi connectivity index (χ0) is 41.1. The first kappa shape index (κ1) is 38.6. The van der Waals surface area contributed by atoms with E-state index in [9.17, 15) is 0 Å². The van der Waals surface area contributed by atoms with Crippen molar-refractivity contribution in [1.82, 2.24) is 0 Å². The summed E-state index contributed by atoms with van der Waals surface area (Å²) in [6.07, 6.45) is 1.20. The van der Waals surface area contributed by atoms with Gasteiger partial charge in [0.1, 0.15) is 0 Å². The first-order valence-electron chi connectivity index (χ1n) is 21.7. The molecule has 0 aliphatic carbocycles. The molecule has 0 aromatic heterocycles. The SMILES string of the molecule is CC=I(C)(CC)c1ccc2c(ccc3cc(-c4cccc5c(-c6cccc7c(-c8ccc9c(ccc%10cc(C(C)C(C)CC)ccc%109)c8)cccc67)cccc45)ccc32)c1. The molecule has 0 N–H and O–H groups in total. The van der Waals surface area contributed by atoms with Crippen LogP contribution in [0.2, 0.25) is 0 Å². The number of fused-ring (bicyclic) bond motifs is 8. The Morgan fingerprint density at radius 2 is 0.850 bits per heavy atom. The molecule has 3 unspecified atom stereocenters. The molecule has 0 aliphatic heterocycles. The van der Waals surface area contributed by atoms with Crippen LogP contribution in [0.1, 0.15) is 52.5 Å². The van der Waals surface area contributed by atoms with E-state index in [1.54, 1.807) is 3.57 Å². The Balaban J connectivity index is 1.03. The Bertz CT molecular complexity index is 3360. The summed E-state index contributed by atoms with van der Waals surface area (Å²) < 4.78 is 5.35. The van der Waals surface area contributed by atoms with Crippen molar-refractivity contribution in [2.24, 2.45) is 5.92 Å². The summed E-state index contributed by atoms with van der Waals surface area (Å²) >= 11 is -2.03. The number of hydrogen-bond acceptors (Lipinski definition) is 0. The second kappa shape index (κ2) is 15.4. The first-order chi connectivity index (χ1) is 29.3. The van der Waals surface area contributed by atoms with Gasteiger partial charge in [0.15, 0.2) is 0 Å². The van der Waals surface area contributed by atoms with Gasteiger partial charge in [0, 0.05) is 0 Å². The number of benzene rings is 10. The molecule has 296 valence electrons. The van der Waals surface area contributed by atoms with Gasteiger partial charge in [-0.1, -0.05) is 112 Å². The van der Waals surface area contributed by atoms with Gasteiger partial charge in [-0.15, -0.1) is 0 Å². The molecule has 10 aromatic rings. The third-order valence-corrected chi connectivity index (χ3v) is 23.4. The summed E-state index contributed by atoms with van der Waals surface area (Å²) in [6, 6.07) is 65.0. The summed E-state index contributed by atoms with van der Waals surface area (Å²) in [4.78, 5) is 2.52. The molecule has 1 heteroatoms. The van der Waals surface area contributed by atoms with E-state index in [2.05, 4.69) is 213 Å². The van der Waals surface area contributed by atoms with Crippen LogP contribution in [0.25, 0.3) is 98.0 Å². The average Bonchev–Trinajstić information content (AvgIpc) is 3.31. The van der Waals surface area contributed by atoms with E-state index in [0.29, 0.717) is 11.8 Å². The van der Waals surface area contributed by atoms with Crippen LogP contribution in [0.3, 0.4) is 0 Å². The van der Waals surface area contributed by atoms with Gasteiger partial charge in [-0.25, -0.2) is 0 Å². The van der Waals surface area contributed by atoms with Crippen LogP contribution in [0.15, 0.2) is 170 Å². The fraction of sp³-hybridized carbons (Fsp3) is 0.169. The molecule has 60 heavy (non-hydrogen) atoms. The van der Waals surface area contributed by atoms with E-state index in [1.807, 2.05) is 0 Å². The zero-order valence-electron chi connectivity index (χ0n) is 35.7. The van der Waals surface area contributed by atoms with Gasteiger partial charge in [0.25, 0.3) is 0 Å². The van der Waals surface area contributed by atoms with Crippen LogP contribution in [-0.2, 0) is 0 Å². The molecule has 0 saturated heterocycles. The van der Waals surface area contributed by atoms with Gasteiger partial charge < -0.3 is 0 Å². The van der Waals surface area contributed by atoms with E-state index in [4.69, 9.17) is 0 Å². The van der Waals surface area contributed by atoms with Gasteiger partial charge in [-0.05, 0) is 72.5 Å². The van der Waals surface area contributed by atoms with Gasteiger partial charge in [0.05, 0.1) is 0 Å². The normalized spacial score (nSPS) is 14.5. The van der Waals surface area contributed by atoms with Crippen LogP contribution in [0.5, 0.6) is 0 Å². The fourth-order valence-corrected chi connectivity index (χ4v) is 14.3. The molecule has 0 heterocycles. The first-order valence-corrected chi connectivity index (χ1v) is 27.7. The van der Waals surface area contributed by atoms with Crippen molar-refractivity contribution in [3.8, 4) is 33.4 Å². The maximum absolute atomic E-state index is 2.52. The fourth-order valence-electron chi connectivity index (χ4n) is 9.73. The van der Waals surface area contributed by atoms with Crippen molar-refractivity contribution in [2.75, 3.05) is 9.36 Å². The molecule has 3 atom stereocenters. The van der Waals surface area contributed by atoms with E-state index in [1.165, 1.54) is 114 Å². The minimum atomic E-state index is -2.03. The third-order valence-electron chi connectivity index (χ3n) is 14.0. The molecule has 10 aromatic carbocycles. The van der Waals surface area contributed by atoms with Crippen LogP contribution >= 0.6 is 18.0 Å². The summed E-state index contributed by atoms with van der Waals surface area (Å²) in [5, 5.41) is 15.6. The molecular weight excluding hydrogens is 836 g/mol. The summed E-state index contributed by atoms with van der Waals surface area (Å²) in [7, 11) is 0. The monoisotopic (exact) mass is 888 g/mol. The standard InChI is InChI=1S/C59H53I/c1-7-38(4)39(5)40-26-30-50-41(34-40)22-23-42-35-44(27-31-51(42)50)48-14-10-18-56-54(48)16-12-20-58(56)59-21-13-17-55-49(15-11-19-57(55)59)45-28-32-52-43(36-45)24-25-46-37-47(29-33-53(46)52)60(6,8-2)9-3/h8,10-39H,7,9H2,1-6H3. The van der Waals surface area contributed by atoms with E-state index >= 15 is 0 Å².